The van der Waals surface area contributed by atoms with Gasteiger partial charge in [0, 0.05) is 20.9 Å². The van der Waals surface area contributed by atoms with Crippen LogP contribution in [0.1, 0.15) is 15.9 Å². The second kappa shape index (κ2) is 5.61. The summed E-state index contributed by atoms with van der Waals surface area (Å²) in [6, 6.07) is 15.3. The molecule has 0 atom stereocenters. The first kappa shape index (κ1) is 12.5. The maximum atomic E-state index is 12.1. The summed E-state index contributed by atoms with van der Waals surface area (Å²) in [4.78, 5) is 12.1. The van der Waals surface area contributed by atoms with E-state index in [1.165, 1.54) is 0 Å². The minimum Gasteiger partial charge on any atom is -0.294 e. The van der Waals surface area contributed by atoms with E-state index in [0.29, 0.717) is 6.42 Å². The van der Waals surface area contributed by atoms with E-state index < -0.39 is 0 Å². The number of hydrogen-bond acceptors (Lipinski definition) is 1. The molecule has 0 unspecified atom stereocenters. The van der Waals surface area contributed by atoms with Crippen LogP contribution in [0, 0.1) is 0 Å². The summed E-state index contributed by atoms with van der Waals surface area (Å²) in [7, 11) is 0. The lowest BCUT2D eigenvalue weighted by Crippen LogP contribution is -2.04. The summed E-state index contributed by atoms with van der Waals surface area (Å²) in [6.45, 7) is 0. The van der Waals surface area contributed by atoms with Crippen molar-refractivity contribution in [1.29, 1.82) is 0 Å². The van der Waals surface area contributed by atoms with Gasteiger partial charge >= 0.3 is 0 Å². The van der Waals surface area contributed by atoms with Crippen LogP contribution in [0.4, 0.5) is 0 Å². The Hall–Kier alpha value is -0.930. The van der Waals surface area contributed by atoms with E-state index in [4.69, 9.17) is 0 Å². The summed E-state index contributed by atoms with van der Waals surface area (Å²) < 4.78 is 1.84. The van der Waals surface area contributed by atoms with Gasteiger partial charge in [-0.2, -0.15) is 0 Å². The lowest BCUT2D eigenvalue weighted by atomic mass is 10.0. The molecule has 2 aromatic rings. The predicted molar refractivity (Wildman–Crippen MR) is 76.3 cm³/mol. The average molecular weight is 354 g/mol. The molecule has 1 nitrogen and oxygen atoms in total. The number of carbonyl (C=O) groups is 1. The first-order chi connectivity index (χ1) is 8.16. The summed E-state index contributed by atoms with van der Waals surface area (Å²) >= 11 is 6.80. The van der Waals surface area contributed by atoms with Gasteiger partial charge in [-0.1, -0.05) is 62.2 Å². The van der Waals surface area contributed by atoms with Gasteiger partial charge in [0.2, 0.25) is 0 Å². The smallest absolute Gasteiger partial charge is 0.168 e. The molecular weight excluding hydrogens is 344 g/mol. The average Bonchev–Trinajstić information content (AvgIpc) is 2.29. The van der Waals surface area contributed by atoms with Crippen LogP contribution < -0.4 is 0 Å². The van der Waals surface area contributed by atoms with Gasteiger partial charge < -0.3 is 0 Å². The van der Waals surface area contributed by atoms with Crippen LogP contribution in [0.15, 0.2) is 57.5 Å². The predicted octanol–water partition coefficient (Wildman–Crippen LogP) is 4.64. The zero-order valence-corrected chi connectivity index (χ0v) is 12.2. The van der Waals surface area contributed by atoms with Crippen molar-refractivity contribution in [2.24, 2.45) is 0 Å². The van der Waals surface area contributed by atoms with Crippen molar-refractivity contribution in [2.75, 3.05) is 0 Å². The zero-order chi connectivity index (χ0) is 12.3. The van der Waals surface area contributed by atoms with Crippen molar-refractivity contribution >= 4 is 37.6 Å². The van der Waals surface area contributed by atoms with Crippen molar-refractivity contribution < 1.29 is 4.79 Å². The van der Waals surface area contributed by atoms with Crippen molar-refractivity contribution in [3.63, 3.8) is 0 Å². The van der Waals surface area contributed by atoms with E-state index in [2.05, 4.69) is 31.9 Å². The van der Waals surface area contributed by atoms with E-state index in [1.54, 1.807) is 0 Å². The highest BCUT2D eigenvalue weighted by Crippen LogP contribution is 2.19. The normalized spacial score (nSPS) is 10.2. The second-order valence-electron chi connectivity index (χ2n) is 3.71. The minimum atomic E-state index is 0.121. The van der Waals surface area contributed by atoms with Gasteiger partial charge in [-0.15, -0.1) is 0 Å². The SMILES string of the molecule is O=C(Cc1cccc(Br)c1)c1ccccc1Br. The molecule has 0 bridgehead atoms. The van der Waals surface area contributed by atoms with E-state index in [9.17, 15) is 4.79 Å². The molecule has 0 radical (unpaired) electrons. The molecule has 0 N–H and O–H groups in total. The number of ketones is 1. The van der Waals surface area contributed by atoms with Gasteiger partial charge in [-0.05, 0) is 23.8 Å². The molecule has 2 aromatic carbocycles. The Morgan fingerprint density at radius 1 is 1.00 bits per heavy atom. The van der Waals surface area contributed by atoms with Gasteiger partial charge in [-0.3, -0.25) is 4.79 Å². The molecule has 2 rings (SSSR count). The zero-order valence-electron chi connectivity index (χ0n) is 8.99. The Morgan fingerprint density at radius 3 is 2.47 bits per heavy atom. The number of halogens is 2. The first-order valence-electron chi connectivity index (χ1n) is 5.19. The lowest BCUT2D eigenvalue weighted by molar-refractivity contribution is 0.0992. The van der Waals surface area contributed by atoms with E-state index in [1.807, 2.05) is 48.5 Å². The van der Waals surface area contributed by atoms with E-state index >= 15 is 0 Å². The maximum absolute atomic E-state index is 12.1. The van der Waals surface area contributed by atoms with Gasteiger partial charge in [0.1, 0.15) is 0 Å². The largest absolute Gasteiger partial charge is 0.294 e. The Balaban J connectivity index is 2.20. The third-order valence-electron chi connectivity index (χ3n) is 2.43. The van der Waals surface area contributed by atoms with Crippen molar-refractivity contribution in [2.45, 2.75) is 6.42 Å². The van der Waals surface area contributed by atoms with Crippen molar-refractivity contribution in [1.82, 2.24) is 0 Å². The molecule has 0 aliphatic carbocycles. The van der Waals surface area contributed by atoms with E-state index in [0.717, 1.165) is 20.1 Å². The number of benzene rings is 2. The Labute approximate surface area is 117 Å². The quantitative estimate of drug-likeness (QED) is 0.735. The maximum Gasteiger partial charge on any atom is 0.168 e. The molecule has 0 saturated heterocycles. The highest BCUT2D eigenvalue weighted by molar-refractivity contribution is 9.10. The fourth-order valence-electron chi connectivity index (χ4n) is 1.61. The summed E-state index contributed by atoms with van der Waals surface area (Å²) in [6.07, 6.45) is 0.419. The Bertz CT molecular complexity index is 549. The van der Waals surface area contributed by atoms with E-state index in [-0.39, 0.29) is 5.78 Å². The standard InChI is InChI=1S/C14H10Br2O/c15-11-5-3-4-10(8-11)9-14(17)12-6-1-2-7-13(12)16/h1-8H,9H2. The molecule has 0 spiro atoms. The topological polar surface area (TPSA) is 17.1 Å². The molecule has 3 heteroatoms. The van der Waals surface area contributed by atoms with Crippen LogP contribution in [-0.2, 0) is 6.42 Å². The van der Waals surface area contributed by atoms with Crippen LogP contribution in [0.2, 0.25) is 0 Å². The summed E-state index contributed by atoms with van der Waals surface area (Å²) in [5.74, 6) is 0.121. The van der Waals surface area contributed by atoms with Crippen LogP contribution in [-0.4, -0.2) is 5.78 Å². The molecule has 86 valence electrons. The molecule has 0 amide bonds. The van der Waals surface area contributed by atoms with Crippen molar-refractivity contribution in [3.8, 4) is 0 Å². The molecule has 0 saturated carbocycles. The molecule has 0 aliphatic rings. The molecule has 0 aromatic heterocycles. The second-order valence-corrected chi connectivity index (χ2v) is 5.48. The minimum absolute atomic E-state index is 0.121. The van der Waals surface area contributed by atoms with Crippen LogP contribution >= 0.6 is 31.9 Å². The highest BCUT2D eigenvalue weighted by Gasteiger charge is 2.10. The van der Waals surface area contributed by atoms with Gasteiger partial charge in [0.05, 0.1) is 0 Å². The Morgan fingerprint density at radius 2 is 1.76 bits per heavy atom. The molecule has 0 aliphatic heterocycles. The molecule has 0 fully saturated rings. The Kier molecular flexibility index (Phi) is 4.13. The first-order valence-corrected chi connectivity index (χ1v) is 6.77. The lowest BCUT2D eigenvalue weighted by Gasteiger charge is -2.04. The van der Waals surface area contributed by atoms with Gasteiger partial charge in [0.25, 0.3) is 0 Å². The van der Waals surface area contributed by atoms with Gasteiger partial charge in [0.15, 0.2) is 5.78 Å². The number of rotatable bonds is 3. The molecular formula is C14H10Br2O. The van der Waals surface area contributed by atoms with Crippen LogP contribution in [0.3, 0.4) is 0 Å². The number of carbonyl (C=O) groups excluding carboxylic acids is 1. The molecule has 0 heterocycles. The summed E-state index contributed by atoms with van der Waals surface area (Å²) in [5.41, 5.74) is 1.74. The fraction of sp³-hybridized carbons (Fsp3) is 0.0714. The third-order valence-corrected chi connectivity index (χ3v) is 3.61. The van der Waals surface area contributed by atoms with Gasteiger partial charge in [-0.25, -0.2) is 0 Å². The summed E-state index contributed by atoms with van der Waals surface area (Å²) in [5, 5.41) is 0. The van der Waals surface area contributed by atoms with Crippen LogP contribution in [0.5, 0.6) is 0 Å². The molecule has 17 heavy (non-hydrogen) atoms. The number of Topliss-reactive ketones (excluding diaryl/α,β-unsaturated/α-hetero) is 1. The number of hydrogen-bond donors (Lipinski definition) is 0. The monoisotopic (exact) mass is 352 g/mol. The van der Waals surface area contributed by atoms with Crippen LogP contribution in [0.25, 0.3) is 0 Å². The van der Waals surface area contributed by atoms with Crippen molar-refractivity contribution in [3.05, 3.63) is 68.6 Å². The highest BCUT2D eigenvalue weighted by atomic mass is 79.9. The fourth-order valence-corrected chi connectivity index (χ4v) is 2.57. The third kappa shape index (κ3) is 3.27.